The van der Waals surface area contributed by atoms with E-state index in [9.17, 15) is 4.79 Å². The van der Waals surface area contributed by atoms with Gasteiger partial charge >= 0.3 is 5.97 Å². The van der Waals surface area contributed by atoms with E-state index in [4.69, 9.17) is 4.74 Å². The van der Waals surface area contributed by atoms with Gasteiger partial charge in [-0.25, -0.2) is 4.79 Å². The number of hydrogen-bond donors (Lipinski definition) is 0. The van der Waals surface area contributed by atoms with Crippen LogP contribution >= 0.6 is 11.8 Å². The summed E-state index contributed by atoms with van der Waals surface area (Å²) in [7, 11) is 1.84. The molecule has 1 aromatic rings. The Morgan fingerprint density at radius 1 is 1.60 bits per heavy atom. The molecule has 0 atom stereocenters. The smallest absolute Gasteiger partial charge is 0.341 e. The van der Waals surface area contributed by atoms with Crippen LogP contribution in [0.25, 0.3) is 0 Å². The van der Waals surface area contributed by atoms with Crippen LogP contribution in [0.2, 0.25) is 0 Å². The van der Waals surface area contributed by atoms with Gasteiger partial charge in [0.05, 0.1) is 18.5 Å². The van der Waals surface area contributed by atoms with E-state index in [1.807, 2.05) is 7.05 Å². The van der Waals surface area contributed by atoms with E-state index in [2.05, 4.69) is 12.0 Å². The van der Waals surface area contributed by atoms with Gasteiger partial charge in [0, 0.05) is 12.8 Å². The van der Waals surface area contributed by atoms with Gasteiger partial charge in [-0.15, -0.1) is 0 Å². The van der Waals surface area contributed by atoms with Gasteiger partial charge in [0.1, 0.15) is 5.56 Å². The average Bonchev–Trinajstić information content (AvgIpc) is 2.57. The van der Waals surface area contributed by atoms with Crippen molar-refractivity contribution < 1.29 is 9.53 Å². The molecule has 0 spiro atoms. The van der Waals surface area contributed by atoms with Gasteiger partial charge in [-0.3, -0.25) is 4.68 Å². The summed E-state index contributed by atoms with van der Waals surface area (Å²) in [6.45, 7) is 4.29. The predicted molar refractivity (Wildman–Crippen MR) is 61.0 cm³/mol. The molecular formula is C10H16N2O2S. The minimum absolute atomic E-state index is 0.280. The van der Waals surface area contributed by atoms with Crippen LogP contribution < -0.4 is 0 Å². The van der Waals surface area contributed by atoms with E-state index in [0.717, 1.165) is 17.2 Å². The maximum atomic E-state index is 11.6. The Bertz CT molecular complexity index is 336. The molecular weight excluding hydrogens is 212 g/mol. The maximum absolute atomic E-state index is 11.6. The fourth-order valence-electron chi connectivity index (χ4n) is 1.21. The van der Waals surface area contributed by atoms with Gasteiger partial charge in [0.25, 0.3) is 0 Å². The minimum Gasteiger partial charge on any atom is -0.462 e. The number of aromatic nitrogens is 2. The standard InChI is InChI=1S/C10H16N2O2S/c1-4-14-10(13)8-6-11-12(3)9(8)7-15-5-2/h6H,4-5,7H2,1-3H3. The number of nitrogens with zero attached hydrogens (tertiary/aromatic N) is 2. The quantitative estimate of drug-likeness (QED) is 0.721. The molecule has 1 heterocycles. The lowest BCUT2D eigenvalue weighted by molar-refractivity contribution is 0.0525. The average molecular weight is 228 g/mol. The molecule has 0 fully saturated rings. The van der Waals surface area contributed by atoms with Crippen LogP contribution in [0.15, 0.2) is 6.20 Å². The Hall–Kier alpha value is -0.970. The van der Waals surface area contributed by atoms with Crippen LogP contribution in [-0.2, 0) is 17.5 Å². The van der Waals surface area contributed by atoms with Gasteiger partial charge in [-0.1, -0.05) is 6.92 Å². The zero-order valence-corrected chi connectivity index (χ0v) is 10.1. The molecule has 0 saturated carbocycles. The zero-order chi connectivity index (χ0) is 11.3. The highest BCUT2D eigenvalue weighted by Gasteiger charge is 2.16. The van der Waals surface area contributed by atoms with Crippen molar-refractivity contribution >= 4 is 17.7 Å². The molecule has 0 aliphatic rings. The summed E-state index contributed by atoms with van der Waals surface area (Å²) in [6.07, 6.45) is 1.57. The first kappa shape index (κ1) is 12.1. The topological polar surface area (TPSA) is 44.1 Å². The predicted octanol–water partition coefficient (Wildman–Crippen LogP) is 1.85. The highest BCUT2D eigenvalue weighted by atomic mass is 32.2. The Balaban J connectivity index is 2.82. The number of esters is 1. The van der Waals surface area contributed by atoms with E-state index in [0.29, 0.717) is 12.2 Å². The summed E-state index contributed by atoms with van der Waals surface area (Å²) in [5.74, 6) is 1.53. The third kappa shape index (κ3) is 2.99. The molecule has 84 valence electrons. The lowest BCUT2D eigenvalue weighted by atomic mass is 10.3. The number of carbonyl (C=O) groups is 1. The molecule has 0 aliphatic heterocycles. The van der Waals surface area contributed by atoms with Crippen molar-refractivity contribution in [2.45, 2.75) is 19.6 Å². The molecule has 0 aliphatic carbocycles. The second-order valence-electron chi connectivity index (χ2n) is 2.99. The van der Waals surface area contributed by atoms with Crippen LogP contribution in [0.3, 0.4) is 0 Å². The first-order chi connectivity index (χ1) is 7.20. The Morgan fingerprint density at radius 3 is 2.93 bits per heavy atom. The number of rotatable bonds is 5. The molecule has 0 N–H and O–H groups in total. The van der Waals surface area contributed by atoms with E-state index in [1.165, 1.54) is 0 Å². The number of aryl methyl sites for hydroxylation is 1. The van der Waals surface area contributed by atoms with Crippen LogP contribution in [0.1, 0.15) is 29.9 Å². The van der Waals surface area contributed by atoms with Gasteiger partial charge in [-0.05, 0) is 12.7 Å². The normalized spacial score (nSPS) is 10.3. The molecule has 5 heteroatoms. The second kappa shape index (κ2) is 5.80. The molecule has 0 unspecified atom stereocenters. The van der Waals surface area contributed by atoms with Crippen molar-refractivity contribution in [3.63, 3.8) is 0 Å². The fraction of sp³-hybridized carbons (Fsp3) is 0.600. The summed E-state index contributed by atoms with van der Waals surface area (Å²) >= 11 is 1.76. The van der Waals surface area contributed by atoms with E-state index >= 15 is 0 Å². The van der Waals surface area contributed by atoms with E-state index < -0.39 is 0 Å². The third-order valence-corrected chi connectivity index (χ3v) is 2.89. The van der Waals surface area contributed by atoms with Crippen LogP contribution in [0, 0.1) is 0 Å². The van der Waals surface area contributed by atoms with Crippen molar-refractivity contribution in [2.24, 2.45) is 7.05 Å². The Labute approximate surface area is 94.0 Å². The number of thioether (sulfide) groups is 1. The van der Waals surface area contributed by atoms with Crippen LogP contribution in [0.4, 0.5) is 0 Å². The van der Waals surface area contributed by atoms with E-state index in [-0.39, 0.29) is 5.97 Å². The van der Waals surface area contributed by atoms with Crippen molar-refractivity contribution in [2.75, 3.05) is 12.4 Å². The van der Waals surface area contributed by atoms with Crippen LogP contribution in [0.5, 0.6) is 0 Å². The molecule has 0 aromatic carbocycles. The number of hydrogen-bond acceptors (Lipinski definition) is 4. The highest BCUT2D eigenvalue weighted by Crippen LogP contribution is 2.16. The fourth-order valence-corrected chi connectivity index (χ4v) is 1.95. The zero-order valence-electron chi connectivity index (χ0n) is 9.32. The summed E-state index contributed by atoms with van der Waals surface area (Å²) in [5.41, 5.74) is 1.51. The van der Waals surface area contributed by atoms with E-state index in [1.54, 1.807) is 29.6 Å². The maximum Gasteiger partial charge on any atom is 0.341 e. The van der Waals surface area contributed by atoms with Crippen molar-refractivity contribution in [1.29, 1.82) is 0 Å². The molecule has 0 amide bonds. The minimum atomic E-state index is -0.280. The van der Waals surface area contributed by atoms with Crippen molar-refractivity contribution in [1.82, 2.24) is 9.78 Å². The van der Waals surface area contributed by atoms with Crippen LogP contribution in [-0.4, -0.2) is 28.1 Å². The van der Waals surface area contributed by atoms with Crippen molar-refractivity contribution in [3.05, 3.63) is 17.5 Å². The first-order valence-electron chi connectivity index (χ1n) is 4.96. The number of ether oxygens (including phenoxy) is 1. The molecule has 0 saturated heterocycles. The SMILES string of the molecule is CCOC(=O)c1cnn(C)c1CSCC. The Morgan fingerprint density at radius 2 is 2.33 bits per heavy atom. The molecule has 15 heavy (non-hydrogen) atoms. The highest BCUT2D eigenvalue weighted by molar-refractivity contribution is 7.98. The third-order valence-electron chi connectivity index (χ3n) is 2.00. The molecule has 1 rings (SSSR count). The van der Waals surface area contributed by atoms with Gasteiger partial charge in [-0.2, -0.15) is 16.9 Å². The largest absolute Gasteiger partial charge is 0.462 e. The van der Waals surface area contributed by atoms with Gasteiger partial charge < -0.3 is 4.74 Å². The molecule has 4 nitrogen and oxygen atoms in total. The first-order valence-corrected chi connectivity index (χ1v) is 6.11. The van der Waals surface area contributed by atoms with Gasteiger partial charge in [0.2, 0.25) is 0 Å². The second-order valence-corrected chi connectivity index (χ2v) is 4.26. The molecule has 0 radical (unpaired) electrons. The summed E-state index contributed by atoms with van der Waals surface area (Å²) in [5, 5.41) is 4.08. The number of carbonyl (C=O) groups excluding carboxylic acids is 1. The summed E-state index contributed by atoms with van der Waals surface area (Å²) < 4.78 is 6.69. The lowest BCUT2D eigenvalue weighted by Crippen LogP contribution is -2.08. The Kier molecular flexibility index (Phi) is 4.68. The molecule has 1 aromatic heterocycles. The summed E-state index contributed by atoms with van der Waals surface area (Å²) in [4.78, 5) is 11.6. The summed E-state index contributed by atoms with van der Waals surface area (Å²) in [6, 6.07) is 0. The lowest BCUT2D eigenvalue weighted by Gasteiger charge is -2.04. The van der Waals surface area contributed by atoms with Crippen molar-refractivity contribution in [3.8, 4) is 0 Å². The monoisotopic (exact) mass is 228 g/mol. The molecule has 0 bridgehead atoms. The van der Waals surface area contributed by atoms with Gasteiger partial charge in [0.15, 0.2) is 0 Å².